The molecule has 6 heteroatoms. The third-order valence-corrected chi connectivity index (χ3v) is 4.04. The van der Waals surface area contributed by atoms with E-state index in [0.717, 1.165) is 23.4 Å². The van der Waals surface area contributed by atoms with Crippen LogP contribution in [0, 0.1) is 5.82 Å². The Kier molecular flexibility index (Phi) is 3.73. The van der Waals surface area contributed by atoms with Crippen LogP contribution >= 0.6 is 11.8 Å². The van der Waals surface area contributed by atoms with Gasteiger partial charge in [0.15, 0.2) is 0 Å². The van der Waals surface area contributed by atoms with Crippen LogP contribution < -0.4 is 10.3 Å². The second-order valence-corrected chi connectivity index (χ2v) is 5.59. The third kappa shape index (κ3) is 2.85. The minimum atomic E-state index is -0.355. The fourth-order valence-corrected chi connectivity index (χ4v) is 3.06. The van der Waals surface area contributed by atoms with Crippen molar-refractivity contribution in [1.29, 1.82) is 0 Å². The summed E-state index contributed by atoms with van der Waals surface area (Å²) in [7, 11) is 0. The number of benzene rings is 1. The maximum absolute atomic E-state index is 13.0. The number of nitrogens with zero attached hydrogens (tertiary/aromatic N) is 1. The van der Waals surface area contributed by atoms with Crippen molar-refractivity contribution < 1.29 is 9.13 Å². The lowest BCUT2D eigenvalue weighted by atomic mass is 10.2. The van der Waals surface area contributed by atoms with Gasteiger partial charge in [-0.25, -0.2) is 9.37 Å². The molecular formula is C14H13FN2O2S. The van der Waals surface area contributed by atoms with E-state index in [0.29, 0.717) is 17.3 Å². The molecule has 104 valence electrons. The summed E-state index contributed by atoms with van der Waals surface area (Å²) in [5, 5.41) is 0. The molecule has 0 saturated heterocycles. The van der Waals surface area contributed by atoms with Crippen LogP contribution in [-0.4, -0.2) is 15.7 Å². The summed E-state index contributed by atoms with van der Waals surface area (Å²) in [6, 6.07) is 5.89. The Balaban J connectivity index is 1.78. The molecule has 2 heterocycles. The molecular weight excluding hydrogens is 279 g/mol. The number of hydrogen-bond acceptors (Lipinski definition) is 4. The molecule has 0 atom stereocenters. The van der Waals surface area contributed by atoms with Gasteiger partial charge in [0, 0.05) is 17.4 Å². The molecule has 1 aliphatic rings. The average molecular weight is 292 g/mol. The molecule has 20 heavy (non-hydrogen) atoms. The summed E-state index contributed by atoms with van der Waals surface area (Å²) in [5.74, 6) is 2.23. The Bertz CT molecular complexity index is 687. The predicted molar refractivity (Wildman–Crippen MR) is 75.5 cm³/mol. The first kappa shape index (κ1) is 13.2. The van der Waals surface area contributed by atoms with Gasteiger partial charge in [0.1, 0.15) is 24.0 Å². The molecule has 1 aromatic heterocycles. The molecule has 0 bridgehead atoms. The first-order valence-corrected chi connectivity index (χ1v) is 7.45. The predicted octanol–water partition coefficient (Wildman–Crippen LogP) is 2.28. The summed E-state index contributed by atoms with van der Waals surface area (Å²) in [6.07, 6.45) is 0.802. The van der Waals surface area contributed by atoms with Crippen molar-refractivity contribution in [3.63, 3.8) is 0 Å². The SMILES string of the molecule is O=c1[nH]c(COc2cccc(F)c2)nc2c1CSCC2. The van der Waals surface area contributed by atoms with Crippen molar-refractivity contribution in [2.24, 2.45) is 0 Å². The minimum Gasteiger partial charge on any atom is -0.486 e. The van der Waals surface area contributed by atoms with Crippen LogP contribution in [0.25, 0.3) is 0 Å². The lowest BCUT2D eigenvalue weighted by Gasteiger charge is -2.14. The number of fused-ring (bicyclic) bond motifs is 1. The van der Waals surface area contributed by atoms with Crippen LogP contribution in [-0.2, 0) is 18.8 Å². The Morgan fingerprint density at radius 1 is 1.45 bits per heavy atom. The standard InChI is InChI=1S/C14H13FN2O2S/c15-9-2-1-3-10(6-9)19-7-13-16-12-4-5-20-8-11(12)14(18)17-13/h1-3,6H,4-5,7-8H2,(H,16,17,18). The molecule has 0 amide bonds. The quantitative estimate of drug-likeness (QED) is 0.943. The van der Waals surface area contributed by atoms with Gasteiger partial charge in [0.05, 0.1) is 5.69 Å². The van der Waals surface area contributed by atoms with Crippen LogP contribution in [0.15, 0.2) is 29.1 Å². The normalized spacial score (nSPS) is 13.8. The highest BCUT2D eigenvalue weighted by Crippen LogP contribution is 2.20. The van der Waals surface area contributed by atoms with E-state index in [-0.39, 0.29) is 18.0 Å². The molecule has 0 spiro atoms. The summed E-state index contributed by atoms with van der Waals surface area (Å²) < 4.78 is 18.5. The molecule has 1 N–H and O–H groups in total. The number of H-pyrrole nitrogens is 1. The van der Waals surface area contributed by atoms with E-state index in [9.17, 15) is 9.18 Å². The summed E-state index contributed by atoms with van der Waals surface area (Å²) in [4.78, 5) is 19.1. The molecule has 1 aliphatic heterocycles. The number of hydrogen-bond donors (Lipinski definition) is 1. The Hall–Kier alpha value is -1.82. The number of thioether (sulfide) groups is 1. The van der Waals surface area contributed by atoms with Crippen LogP contribution in [0.5, 0.6) is 5.75 Å². The van der Waals surface area contributed by atoms with Gasteiger partial charge in [-0.2, -0.15) is 11.8 Å². The van der Waals surface area contributed by atoms with Crippen molar-refractivity contribution in [1.82, 2.24) is 9.97 Å². The zero-order chi connectivity index (χ0) is 13.9. The van der Waals surface area contributed by atoms with Gasteiger partial charge < -0.3 is 9.72 Å². The first-order valence-electron chi connectivity index (χ1n) is 6.29. The van der Waals surface area contributed by atoms with Gasteiger partial charge in [0.2, 0.25) is 0 Å². The topological polar surface area (TPSA) is 55.0 Å². The molecule has 4 nitrogen and oxygen atoms in total. The molecule has 0 aliphatic carbocycles. The number of nitrogens with one attached hydrogen (secondary N) is 1. The van der Waals surface area contributed by atoms with E-state index in [4.69, 9.17) is 4.74 Å². The van der Waals surface area contributed by atoms with Crippen LogP contribution in [0.4, 0.5) is 4.39 Å². The van der Waals surface area contributed by atoms with Crippen molar-refractivity contribution in [2.75, 3.05) is 5.75 Å². The number of aromatic nitrogens is 2. The number of aryl methyl sites for hydroxylation is 1. The van der Waals surface area contributed by atoms with E-state index >= 15 is 0 Å². The maximum atomic E-state index is 13.0. The Morgan fingerprint density at radius 2 is 2.35 bits per heavy atom. The molecule has 0 unspecified atom stereocenters. The monoisotopic (exact) mass is 292 g/mol. The number of rotatable bonds is 3. The summed E-state index contributed by atoms with van der Waals surface area (Å²) >= 11 is 1.74. The fourth-order valence-electron chi connectivity index (χ4n) is 2.07. The van der Waals surface area contributed by atoms with Gasteiger partial charge in [-0.05, 0) is 24.3 Å². The molecule has 0 saturated carbocycles. The lowest BCUT2D eigenvalue weighted by molar-refractivity contribution is 0.293. The van der Waals surface area contributed by atoms with E-state index in [2.05, 4.69) is 9.97 Å². The van der Waals surface area contributed by atoms with Gasteiger partial charge in [-0.15, -0.1) is 0 Å². The molecule has 0 fully saturated rings. The van der Waals surface area contributed by atoms with Crippen molar-refractivity contribution >= 4 is 11.8 Å². The van der Waals surface area contributed by atoms with Gasteiger partial charge in [0.25, 0.3) is 5.56 Å². The van der Waals surface area contributed by atoms with Gasteiger partial charge in [-0.3, -0.25) is 4.79 Å². The number of halogens is 1. The van der Waals surface area contributed by atoms with Gasteiger partial charge >= 0.3 is 0 Å². The molecule has 1 aromatic carbocycles. The lowest BCUT2D eigenvalue weighted by Crippen LogP contribution is -2.23. The number of ether oxygens (including phenoxy) is 1. The third-order valence-electron chi connectivity index (χ3n) is 3.05. The fraction of sp³-hybridized carbons (Fsp3) is 0.286. The molecule has 2 aromatic rings. The van der Waals surface area contributed by atoms with E-state index in [1.807, 2.05) is 0 Å². The van der Waals surface area contributed by atoms with E-state index in [1.54, 1.807) is 23.9 Å². The van der Waals surface area contributed by atoms with Crippen LogP contribution in [0.2, 0.25) is 0 Å². The zero-order valence-corrected chi connectivity index (χ0v) is 11.5. The van der Waals surface area contributed by atoms with E-state index in [1.165, 1.54) is 12.1 Å². The summed E-state index contributed by atoms with van der Waals surface area (Å²) in [6.45, 7) is 0.124. The maximum Gasteiger partial charge on any atom is 0.255 e. The van der Waals surface area contributed by atoms with Crippen LogP contribution in [0.1, 0.15) is 17.1 Å². The first-order chi connectivity index (χ1) is 9.72. The average Bonchev–Trinajstić information content (AvgIpc) is 2.45. The van der Waals surface area contributed by atoms with E-state index < -0.39 is 0 Å². The molecule has 3 rings (SSSR count). The second-order valence-electron chi connectivity index (χ2n) is 4.49. The van der Waals surface area contributed by atoms with Crippen molar-refractivity contribution in [3.8, 4) is 5.75 Å². The highest BCUT2D eigenvalue weighted by atomic mass is 32.2. The van der Waals surface area contributed by atoms with Crippen LogP contribution in [0.3, 0.4) is 0 Å². The Labute approximate surface area is 119 Å². The highest BCUT2D eigenvalue weighted by Gasteiger charge is 2.15. The van der Waals surface area contributed by atoms with Crippen molar-refractivity contribution in [2.45, 2.75) is 18.8 Å². The highest BCUT2D eigenvalue weighted by molar-refractivity contribution is 7.98. The second kappa shape index (κ2) is 5.66. The molecule has 0 radical (unpaired) electrons. The zero-order valence-electron chi connectivity index (χ0n) is 10.7. The Morgan fingerprint density at radius 3 is 3.20 bits per heavy atom. The van der Waals surface area contributed by atoms with Crippen molar-refractivity contribution in [3.05, 3.63) is 57.5 Å². The minimum absolute atomic E-state index is 0.0972. The number of aromatic amines is 1. The smallest absolute Gasteiger partial charge is 0.255 e. The summed E-state index contributed by atoms with van der Waals surface area (Å²) in [5.41, 5.74) is 1.51. The largest absolute Gasteiger partial charge is 0.486 e. The van der Waals surface area contributed by atoms with Gasteiger partial charge in [-0.1, -0.05) is 6.07 Å².